The van der Waals surface area contributed by atoms with Crippen molar-refractivity contribution in [2.45, 2.75) is 76.6 Å². The minimum Gasteiger partial charge on any atom is -0.493 e. The largest absolute Gasteiger partial charge is 0.524 e. The molecule has 14 heteroatoms. The quantitative estimate of drug-likeness (QED) is 0.120. The van der Waals surface area contributed by atoms with Gasteiger partial charge in [0, 0.05) is 54.9 Å². The van der Waals surface area contributed by atoms with Crippen LogP contribution in [0.25, 0.3) is 10.8 Å². The summed E-state index contributed by atoms with van der Waals surface area (Å²) in [6.07, 6.45) is 2.98. The molecule has 3 heterocycles. The number of phosphoric acid groups is 1. The molecule has 3 aliphatic heterocycles. The maximum atomic E-state index is 13.5. The molecule has 3 atom stereocenters. The maximum absolute atomic E-state index is 13.5. The standard InChI is InChI=1S/C35H43ClN3O9P/c1-21(2)39-27-17-31(30(46-3)16-25(27)34(41)37-14-9-12-26(37)35(39)42)47-15-8-4-5-13-32(40)38-20-22(19-36)33-24-11-7-6-10-23(24)29(18-28(33)38)48-49(43,44)45/h6-7,10-11,16-18,21-22,26,35,42H,4-5,8-9,12-15,19-20H2,1-3H3,(H2,43,44,45)/t22-,26+,35?/m1/s1. The van der Waals surface area contributed by atoms with E-state index in [1.165, 1.54) is 13.2 Å². The van der Waals surface area contributed by atoms with Crippen LogP contribution in [0.2, 0.25) is 0 Å². The van der Waals surface area contributed by atoms with Crippen molar-refractivity contribution >= 4 is 53.4 Å². The molecule has 3 aromatic carbocycles. The van der Waals surface area contributed by atoms with Crippen molar-refractivity contribution in [2.24, 2.45) is 0 Å². The summed E-state index contributed by atoms with van der Waals surface area (Å²) in [5, 5.41) is 12.6. The first-order chi connectivity index (χ1) is 23.4. The Bertz CT molecular complexity index is 1780. The number of methoxy groups -OCH3 is 1. The predicted octanol–water partition coefficient (Wildman–Crippen LogP) is 5.78. The van der Waals surface area contributed by atoms with E-state index in [2.05, 4.69) is 0 Å². The van der Waals surface area contributed by atoms with Gasteiger partial charge in [-0.1, -0.05) is 24.3 Å². The van der Waals surface area contributed by atoms with Gasteiger partial charge in [0.15, 0.2) is 11.5 Å². The van der Waals surface area contributed by atoms with E-state index in [4.69, 9.17) is 25.6 Å². The number of aliphatic hydroxyl groups is 1. The Balaban J connectivity index is 1.11. The molecular formula is C35H43ClN3O9P. The number of aliphatic hydroxyl groups excluding tert-OH is 1. The van der Waals surface area contributed by atoms with Crippen molar-refractivity contribution in [2.75, 3.05) is 42.5 Å². The van der Waals surface area contributed by atoms with Gasteiger partial charge in [0.25, 0.3) is 5.91 Å². The second-order valence-electron chi connectivity index (χ2n) is 13.1. The lowest BCUT2D eigenvalue weighted by molar-refractivity contribution is -0.118. The van der Waals surface area contributed by atoms with Crippen molar-refractivity contribution < 1.29 is 43.0 Å². The molecule has 3 aromatic rings. The number of hydrogen-bond donors (Lipinski definition) is 3. The fourth-order valence-corrected chi connectivity index (χ4v) is 8.14. The number of carbonyl (C=O) groups is 2. The average molecular weight is 716 g/mol. The van der Waals surface area contributed by atoms with Gasteiger partial charge in [0.2, 0.25) is 5.91 Å². The minimum atomic E-state index is -4.84. The van der Waals surface area contributed by atoms with E-state index in [0.717, 1.165) is 23.8 Å². The van der Waals surface area contributed by atoms with Crippen LogP contribution in [0.1, 0.15) is 74.2 Å². The number of fused-ring (bicyclic) bond motifs is 5. The zero-order chi connectivity index (χ0) is 35.0. The SMILES string of the molecule is COc1cc2c(cc1OCCCCCC(=O)N1C[C@@H](CCl)c3c1cc(OP(=O)(O)O)c1ccccc31)N(C(C)C)C(O)[C@@H]1CCCN1C2=O. The Kier molecular flexibility index (Phi) is 10.3. The highest BCUT2D eigenvalue weighted by atomic mass is 35.5. The number of phosphoric ester groups is 1. The average Bonchev–Trinajstić information content (AvgIpc) is 3.69. The lowest BCUT2D eigenvalue weighted by Gasteiger charge is -2.36. The van der Waals surface area contributed by atoms with E-state index in [0.29, 0.717) is 72.8 Å². The second kappa shape index (κ2) is 14.4. The minimum absolute atomic E-state index is 0.0110. The summed E-state index contributed by atoms with van der Waals surface area (Å²) < 4.78 is 28.6. The Hall–Kier alpha value is -3.54. The lowest BCUT2D eigenvalue weighted by atomic mass is 9.95. The molecule has 0 aliphatic carbocycles. The third kappa shape index (κ3) is 6.94. The maximum Gasteiger partial charge on any atom is 0.524 e. The smallest absolute Gasteiger partial charge is 0.493 e. The zero-order valence-corrected chi connectivity index (χ0v) is 29.5. The van der Waals surface area contributed by atoms with Crippen molar-refractivity contribution in [1.82, 2.24) is 4.90 Å². The molecule has 3 N–H and O–H groups in total. The zero-order valence-electron chi connectivity index (χ0n) is 27.9. The fraction of sp³-hybridized carbons (Fsp3) is 0.486. The highest BCUT2D eigenvalue weighted by Crippen LogP contribution is 2.49. The van der Waals surface area contributed by atoms with Crippen LogP contribution in [0.3, 0.4) is 0 Å². The second-order valence-corrected chi connectivity index (χ2v) is 14.6. The van der Waals surface area contributed by atoms with Gasteiger partial charge in [-0.2, -0.15) is 0 Å². The molecule has 1 fully saturated rings. The van der Waals surface area contributed by atoms with Gasteiger partial charge in [0.05, 0.1) is 36.7 Å². The molecule has 264 valence electrons. The Morgan fingerprint density at radius 2 is 1.78 bits per heavy atom. The summed E-state index contributed by atoms with van der Waals surface area (Å²) in [7, 11) is -3.31. The van der Waals surface area contributed by atoms with Gasteiger partial charge in [-0.25, -0.2) is 4.57 Å². The van der Waals surface area contributed by atoms with Gasteiger partial charge >= 0.3 is 7.82 Å². The van der Waals surface area contributed by atoms with Crippen LogP contribution in [0.15, 0.2) is 42.5 Å². The lowest BCUT2D eigenvalue weighted by Crippen LogP contribution is -2.50. The third-order valence-corrected chi connectivity index (χ3v) is 10.5. The molecule has 6 rings (SSSR count). The Labute approximate surface area is 290 Å². The van der Waals surface area contributed by atoms with Crippen LogP contribution in [0.4, 0.5) is 11.4 Å². The van der Waals surface area contributed by atoms with Crippen LogP contribution < -0.4 is 23.8 Å². The number of carbonyl (C=O) groups excluding carboxylic acids is 2. The van der Waals surface area contributed by atoms with E-state index in [1.54, 1.807) is 34.1 Å². The van der Waals surface area contributed by atoms with Gasteiger partial charge in [0.1, 0.15) is 12.0 Å². The van der Waals surface area contributed by atoms with E-state index < -0.39 is 14.1 Å². The molecule has 1 saturated heterocycles. The van der Waals surface area contributed by atoms with Crippen molar-refractivity contribution in [3.63, 3.8) is 0 Å². The number of hydrogen-bond acceptors (Lipinski definition) is 8. The van der Waals surface area contributed by atoms with E-state index in [-0.39, 0.29) is 47.9 Å². The first kappa shape index (κ1) is 35.3. The molecule has 0 bridgehead atoms. The molecule has 49 heavy (non-hydrogen) atoms. The number of anilines is 2. The normalized spacial score (nSPS) is 20.4. The topological polar surface area (TPSA) is 149 Å². The van der Waals surface area contributed by atoms with Gasteiger partial charge in [-0.05, 0) is 63.0 Å². The van der Waals surface area contributed by atoms with Crippen molar-refractivity contribution in [1.29, 1.82) is 0 Å². The van der Waals surface area contributed by atoms with Crippen LogP contribution in [-0.2, 0) is 9.36 Å². The Morgan fingerprint density at radius 3 is 2.47 bits per heavy atom. The fourth-order valence-electron chi connectivity index (χ4n) is 7.48. The predicted molar refractivity (Wildman–Crippen MR) is 187 cm³/mol. The first-order valence-electron chi connectivity index (χ1n) is 16.7. The molecule has 0 spiro atoms. The van der Waals surface area contributed by atoms with Crippen molar-refractivity contribution in [3.8, 4) is 17.2 Å². The summed E-state index contributed by atoms with van der Waals surface area (Å²) in [6.45, 7) is 5.30. The summed E-state index contributed by atoms with van der Waals surface area (Å²) in [5.41, 5.74) is 2.52. The van der Waals surface area contributed by atoms with Crippen molar-refractivity contribution in [3.05, 3.63) is 53.6 Å². The molecule has 3 aliphatic rings. The number of benzene rings is 3. The first-order valence-corrected chi connectivity index (χ1v) is 18.8. The summed E-state index contributed by atoms with van der Waals surface area (Å²) >= 11 is 6.34. The molecule has 1 unspecified atom stereocenters. The molecular weight excluding hydrogens is 673 g/mol. The molecule has 0 aromatic heterocycles. The number of ether oxygens (including phenoxy) is 2. The Morgan fingerprint density at radius 1 is 1.04 bits per heavy atom. The third-order valence-electron chi connectivity index (χ3n) is 9.66. The van der Waals surface area contributed by atoms with Gasteiger partial charge in [-0.15, -0.1) is 11.6 Å². The molecule has 0 radical (unpaired) electrons. The van der Waals surface area contributed by atoms with Gasteiger partial charge < -0.3 is 33.8 Å². The van der Waals surface area contributed by atoms with E-state index in [1.807, 2.05) is 30.9 Å². The highest BCUT2D eigenvalue weighted by Gasteiger charge is 2.43. The summed E-state index contributed by atoms with van der Waals surface area (Å²) in [5.74, 6) is 0.837. The number of nitrogens with zero attached hydrogens (tertiary/aromatic N) is 3. The summed E-state index contributed by atoms with van der Waals surface area (Å²) in [6, 6.07) is 11.8. The van der Waals surface area contributed by atoms with Gasteiger partial charge in [-0.3, -0.25) is 19.4 Å². The highest BCUT2D eigenvalue weighted by molar-refractivity contribution is 7.46. The number of rotatable bonds is 12. The van der Waals surface area contributed by atoms with E-state index in [9.17, 15) is 29.0 Å². The van der Waals surface area contributed by atoms with E-state index >= 15 is 0 Å². The molecule has 0 saturated carbocycles. The number of alkyl halides is 1. The van der Waals surface area contributed by atoms with Crippen LogP contribution in [0, 0.1) is 0 Å². The van der Waals surface area contributed by atoms with Crippen LogP contribution in [-0.4, -0.2) is 82.6 Å². The number of halogens is 1. The van der Waals surface area contributed by atoms with Crippen LogP contribution >= 0.6 is 19.4 Å². The molecule has 12 nitrogen and oxygen atoms in total. The molecule has 2 amide bonds. The van der Waals surface area contributed by atoms with Crippen LogP contribution in [0.5, 0.6) is 17.2 Å². The monoisotopic (exact) mass is 715 g/mol. The summed E-state index contributed by atoms with van der Waals surface area (Å²) in [4.78, 5) is 51.4. The number of amides is 2. The number of unbranched alkanes of at least 4 members (excludes halogenated alkanes) is 2.